The summed E-state index contributed by atoms with van der Waals surface area (Å²) in [6, 6.07) is -0.103. The molecule has 0 aliphatic carbocycles. The molecular formula is C7H14N2O2S. The van der Waals surface area contributed by atoms with Crippen LogP contribution in [-0.2, 0) is 10.2 Å². The molecule has 0 rings (SSSR count). The Morgan fingerprint density at radius 1 is 1.50 bits per heavy atom. The van der Waals surface area contributed by atoms with Crippen LogP contribution in [-0.4, -0.2) is 21.0 Å². The van der Waals surface area contributed by atoms with Crippen LogP contribution in [0, 0.1) is 12.3 Å². The lowest BCUT2D eigenvalue weighted by Gasteiger charge is -2.09. The average molecular weight is 190 g/mol. The quantitative estimate of drug-likeness (QED) is 0.467. The van der Waals surface area contributed by atoms with Crippen LogP contribution in [0.25, 0.3) is 0 Å². The van der Waals surface area contributed by atoms with Crippen LogP contribution < -0.4 is 9.44 Å². The fraction of sp³-hybridized carbons (Fsp3) is 0.714. The van der Waals surface area contributed by atoms with Crippen LogP contribution in [0.4, 0.5) is 0 Å². The van der Waals surface area contributed by atoms with Crippen molar-refractivity contribution in [1.29, 1.82) is 0 Å². The van der Waals surface area contributed by atoms with Crippen LogP contribution >= 0.6 is 0 Å². The van der Waals surface area contributed by atoms with Crippen molar-refractivity contribution in [3.05, 3.63) is 0 Å². The summed E-state index contributed by atoms with van der Waals surface area (Å²) in [5, 5.41) is 0. The van der Waals surface area contributed by atoms with Gasteiger partial charge in [0.15, 0.2) is 0 Å². The summed E-state index contributed by atoms with van der Waals surface area (Å²) in [4.78, 5) is 0. The first-order chi connectivity index (χ1) is 5.48. The second kappa shape index (κ2) is 5.14. The summed E-state index contributed by atoms with van der Waals surface area (Å²) in [7, 11) is -3.35. The summed E-state index contributed by atoms with van der Waals surface area (Å²) in [5.41, 5.74) is 0. The van der Waals surface area contributed by atoms with Gasteiger partial charge in [-0.25, -0.2) is 4.72 Å². The largest absolute Gasteiger partial charge is 0.277 e. The van der Waals surface area contributed by atoms with Crippen LogP contribution in [0.15, 0.2) is 0 Å². The predicted molar refractivity (Wildman–Crippen MR) is 48.6 cm³/mol. The third-order valence-electron chi connectivity index (χ3n) is 0.952. The van der Waals surface area contributed by atoms with Gasteiger partial charge in [0.25, 0.3) is 10.2 Å². The third kappa shape index (κ3) is 6.16. The highest BCUT2D eigenvalue weighted by Gasteiger charge is 2.08. The molecular weight excluding hydrogens is 176 g/mol. The number of rotatable bonds is 5. The summed E-state index contributed by atoms with van der Waals surface area (Å²) in [6.45, 7) is 3.78. The minimum absolute atomic E-state index is 0.103. The monoisotopic (exact) mass is 190 g/mol. The van der Waals surface area contributed by atoms with Gasteiger partial charge in [-0.2, -0.15) is 13.1 Å². The summed E-state index contributed by atoms with van der Waals surface area (Å²) < 4.78 is 26.7. The molecule has 4 nitrogen and oxygen atoms in total. The first kappa shape index (κ1) is 11.4. The molecule has 0 radical (unpaired) electrons. The van der Waals surface area contributed by atoms with Crippen molar-refractivity contribution < 1.29 is 8.42 Å². The van der Waals surface area contributed by atoms with E-state index in [0.717, 1.165) is 0 Å². The molecule has 0 aliphatic heterocycles. The van der Waals surface area contributed by atoms with E-state index in [4.69, 9.17) is 6.42 Å². The van der Waals surface area contributed by atoms with Gasteiger partial charge in [0.2, 0.25) is 0 Å². The molecule has 0 amide bonds. The zero-order valence-electron chi connectivity index (χ0n) is 7.29. The lowest BCUT2D eigenvalue weighted by molar-refractivity contribution is 0.556. The van der Waals surface area contributed by atoms with Gasteiger partial charge in [-0.3, -0.25) is 0 Å². The van der Waals surface area contributed by atoms with Gasteiger partial charge < -0.3 is 0 Å². The maximum atomic E-state index is 11.0. The van der Waals surface area contributed by atoms with Gasteiger partial charge in [0.1, 0.15) is 0 Å². The van der Waals surface area contributed by atoms with Gasteiger partial charge in [-0.15, -0.1) is 12.3 Å². The molecule has 0 unspecified atom stereocenters. The van der Waals surface area contributed by atoms with Gasteiger partial charge in [-0.1, -0.05) is 0 Å². The Morgan fingerprint density at radius 2 is 2.08 bits per heavy atom. The van der Waals surface area contributed by atoms with Crippen molar-refractivity contribution in [2.75, 3.05) is 6.54 Å². The maximum Gasteiger partial charge on any atom is 0.277 e. The van der Waals surface area contributed by atoms with Crippen molar-refractivity contribution >= 4 is 10.2 Å². The molecule has 0 aromatic heterocycles. The van der Waals surface area contributed by atoms with Crippen molar-refractivity contribution in [3.8, 4) is 12.3 Å². The SMILES string of the molecule is C#CCCNS(=O)(=O)NC(C)C. The molecule has 0 spiro atoms. The Kier molecular flexibility index (Phi) is 4.90. The fourth-order valence-electron chi connectivity index (χ4n) is 0.610. The zero-order chi connectivity index (χ0) is 9.61. The van der Waals surface area contributed by atoms with Crippen molar-refractivity contribution in [2.24, 2.45) is 0 Å². The smallest absolute Gasteiger partial charge is 0.201 e. The molecule has 2 N–H and O–H groups in total. The van der Waals surface area contributed by atoms with E-state index in [1.54, 1.807) is 13.8 Å². The van der Waals surface area contributed by atoms with Gasteiger partial charge in [0.05, 0.1) is 0 Å². The molecule has 0 fully saturated rings. The molecule has 0 atom stereocenters. The van der Waals surface area contributed by atoms with E-state index in [-0.39, 0.29) is 12.6 Å². The van der Waals surface area contributed by atoms with E-state index in [0.29, 0.717) is 6.42 Å². The summed E-state index contributed by atoms with van der Waals surface area (Å²) >= 11 is 0. The van der Waals surface area contributed by atoms with Crippen LogP contribution in [0.5, 0.6) is 0 Å². The van der Waals surface area contributed by atoms with Crippen LogP contribution in [0.1, 0.15) is 20.3 Å². The molecule has 5 heteroatoms. The van der Waals surface area contributed by atoms with Crippen LogP contribution in [0.2, 0.25) is 0 Å². The van der Waals surface area contributed by atoms with E-state index in [2.05, 4.69) is 15.4 Å². The fourth-order valence-corrected chi connectivity index (χ4v) is 1.68. The van der Waals surface area contributed by atoms with E-state index in [1.807, 2.05) is 0 Å². The van der Waals surface area contributed by atoms with E-state index >= 15 is 0 Å². The highest BCUT2D eigenvalue weighted by molar-refractivity contribution is 7.87. The zero-order valence-corrected chi connectivity index (χ0v) is 8.11. The first-order valence-corrected chi connectivity index (χ1v) is 5.16. The first-order valence-electron chi connectivity index (χ1n) is 3.68. The van der Waals surface area contributed by atoms with Gasteiger partial charge in [-0.05, 0) is 13.8 Å². The summed E-state index contributed by atoms with van der Waals surface area (Å²) in [6.07, 6.45) is 5.36. The highest BCUT2D eigenvalue weighted by atomic mass is 32.2. The second-order valence-corrected chi connectivity index (χ2v) is 4.16. The van der Waals surface area contributed by atoms with E-state index < -0.39 is 10.2 Å². The lowest BCUT2D eigenvalue weighted by atomic mass is 10.4. The Morgan fingerprint density at radius 3 is 2.50 bits per heavy atom. The predicted octanol–water partition coefficient (Wildman–Crippen LogP) is -0.158. The molecule has 0 bridgehead atoms. The topological polar surface area (TPSA) is 58.2 Å². The Labute approximate surface area is 73.9 Å². The minimum Gasteiger partial charge on any atom is -0.201 e. The van der Waals surface area contributed by atoms with Crippen molar-refractivity contribution in [1.82, 2.24) is 9.44 Å². The Hall–Kier alpha value is -0.570. The van der Waals surface area contributed by atoms with E-state index in [1.165, 1.54) is 0 Å². The Balaban J connectivity index is 3.83. The molecule has 0 aromatic rings. The normalized spacial score (nSPS) is 11.5. The molecule has 0 aromatic carbocycles. The standard InChI is InChI=1S/C7H14N2O2S/c1-4-5-6-8-12(10,11)9-7(2)3/h1,7-9H,5-6H2,2-3H3. The Bertz CT molecular complexity index is 251. The van der Waals surface area contributed by atoms with Crippen molar-refractivity contribution in [2.45, 2.75) is 26.3 Å². The lowest BCUT2D eigenvalue weighted by Crippen LogP contribution is -2.40. The third-order valence-corrected chi connectivity index (χ3v) is 2.32. The van der Waals surface area contributed by atoms with E-state index in [9.17, 15) is 8.42 Å². The number of hydrogen-bond donors (Lipinski definition) is 2. The highest BCUT2D eigenvalue weighted by Crippen LogP contribution is 1.83. The van der Waals surface area contributed by atoms with Crippen molar-refractivity contribution in [3.63, 3.8) is 0 Å². The number of hydrogen-bond acceptors (Lipinski definition) is 2. The molecule has 12 heavy (non-hydrogen) atoms. The molecule has 0 saturated carbocycles. The molecule has 0 saturated heterocycles. The second-order valence-electron chi connectivity index (χ2n) is 2.62. The minimum atomic E-state index is -3.35. The number of nitrogens with one attached hydrogen (secondary N) is 2. The molecule has 70 valence electrons. The molecule has 0 heterocycles. The molecule has 0 aliphatic rings. The van der Waals surface area contributed by atoms with Gasteiger partial charge >= 0.3 is 0 Å². The number of terminal acetylenes is 1. The maximum absolute atomic E-state index is 11.0. The van der Waals surface area contributed by atoms with Crippen LogP contribution in [0.3, 0.4) is 0 Å². The summed E-state index contributed by atoms with van der Waals surface area (Å²) in [5.74, 6) is 2.34. The average Bonchev–Trinajstić information content (AvgIpc) is 1.84. The van der Waals surface area contributed by atoms with Gasteiger partial charge in [0, 0.05) is 19.0 Å².